The Morgan fingerprint density at radius 3 is 3.04 bits per heavy atom. The lowest BCUT2D eigenvalue weighted by molar-refractivity contribution is 0.190. The fourth-order valence-corrected chi connectivity index (χ4v) is 3.68. The Bertz CT molecular complexity index is 852. The summed E-state index contributed by atoms with van der Waals surface area (Å²) in [7, 11) is 2.07. The normalized spacial score (nSPS) is 18.1. The van der Waals surface area contributed by atoms with E-state index in [-0.39, 0.29) is 18.4 Å². The highest BCUT2D eigenvalue weighted by Crippen LogP contribution is 2.30. The van der Waals surface area contributed by atoms with Crippen molar-refractivity contribution in [3.63, 3.8) is 0 Å². The number of rotatable bonds is 3. The average molecular weight is 398 g/mol. The van der Waals surface area contributed by atoms with Gasteiger partial charge in [-0.1, -0.05) is 28.9 Å². The average Bonchev–Trinajstić information content (AvgIpc) is 3.25. The first-order valence-electron chi connectivity index (χ1n) is 7.67. The largest absolute Gasteiger partial charge is 0.332 e. The van der Waals surface area contributed by atoms with Gasteiger partial charge in [-0.2, -0.15) is 4.98 Å². The van der Waals surface area contributed by atoms with Crippen molar-refractivity contribution < 1.29 is 4.52 Å². The second-order valence-electron chi connectivity index (χ2n) is 5.71. The van der Waals surface area contributed by atoms with Crippen LogP contribution < -0.4 is 5.32 Å². The monoisotopic (exact) mass is 397 g/mol. The molecule has 3 heterocycles. The van der Waals surface area contributed by atoms with Crippen molar-refractivity contribution in [2.24, 2.45) is 0 Å². The molecule has 6 nitrogen and oxygen atoms in total. The third-order valence-corrected chi connectivity index (χ3v) is 5.17. The zero-order chi connectivity index (χ0) is 16.5. The summed E-state index contributed by atoms with van der Waals surface area (Å²) in [5.41, 5.74) is 1.68. The summed E-state index contributed by atoms with van der Waals surface area (Å²) in [6.45, 7) is 2.76. The number of nitrogens with zero attached hydrogens (tertiary/aromatic N) is 4. The molecule has 132 valence electrons. The third-order valence-electron chi connectivity index (χ3n) is 4.05. The Morgan fingerprint density at radius 2 is 2.24 bits per heavy atom. The molecule has 1 atom stereocenters. The van der Waals surface area contributed by atoms with E-state index in [1.54, 1.807) is 0 Å². The SMILES string of the molecule is CN1CCNCC1c1noc(-c2csc(-c3cccc(Cl)c3)n2)n1.Cl. The number of likely N-dealkylation sites (N-methyl/N-ethyl adjacent to an activating group) is 1. The van der Waals surface area contributed by atoms with Crippen LogP contribution in [-0.4, -0.2) is 46.7 Å². The highest BCUT2D eigenvalue weighted by Gasteiger charge is 2.26. The van der Waals surface area contributed by atoms with Crippen LogP contribution in [0.5, 0.6) is 0 Å². The summed E-state index contributed by atoms with van der Waals surface area (Å²) in [4.78, 5) is 11.4. The molecular weight excluding hydrogens is 381 g/mol. The van der Waals surface area contributed by atoms with E-state index in [1.807, 2.05) is 29.6 Å². The van der Waals surface area contributed by atoms with Crippen molar-refractivity contribution >= 4 is 35.3 Å². The lowest BCUT2D eigenvalue weighted by atomic mass is 10.2. The number of hydrogen-bond donors (Lipinski definition) is 1. The molecule has 0 amide bonds. The van der Waals surface area contributed by atoms with E-state index in [2.05, 4.69) is 32.4 Å². The van der Waals surface area contributed by atoms with Gasteiger partial charge in [0.05, 0.1) is 6.04 Å². The fourth-order valence-electron chi connectivity index (χ4n) is 2.69. The van der Waals surface area contributed by atoms with Gasteiger partial charge < -0.3 is 9.84 Å². The molecule has 1 aliphatic rings. The number of nitrogens with one attached hydrogen (secondary N) is 1. The first kappa shape index (κ1) is 18.3. The first-order valence-corrected chi connectivity index (χ1v) is 8.93. The summed E-state index contributed by atoms with van der Waals surface area (Å²) in [5, 5.41) is 11.0. The van der Waals surface area contributed by atoms with Gasteiger partial charge in [0.15, 0.2) is 5.82 Å². The van der Waals surface area contributed by atoms with Crippen LogP contribution in [0.3, 0.4) is 0 Å². The number of aromatic nitrogens is 3. The van der Waals surface area contributed by atoms with Crippen LogP contribution in [0.2, 0.25) is 5.02 Å². The summed E-state index contributed by atoms with van der Waals surface area (Å²) in [5.74, 6) is 1.14. The molecule has 1 N–H and O–H groups in total. The van der Waals surface area contributed by atoms with Gasteiger partial charge in [-0.05, 0) is 19.2 Å². The summed E-state index contributed by atoms with van der Waals surface area (Å²) < 4.78 is 5.43. The molecule has 4 rings (SSSR count). The van der Waals surface area contributed by atoms with Crippen molar-refractivity contribution in [1.82, 2.24) is 25.3 Å². The second kappa shape index (κ2) is 7.80. The molecule has 1 fully saturated rings. The number of halogens is 2. The van der Waals surface area contributed by atoms with Gasteiger partial charge in [0, 0.05) is 35.6 Å². The third kappa shape index (κ3) is 3.86. The molecule has 0 radical (unpaired) electrons. The molecule has 1 saturated heterocycles. The Balaban J connectivity index is 0.00000182. The van der Waals surface area contributed by atoms with Crippen LogP contribution in [-0.2, 0) is 0 Å². The Morgan fingerprint density at radius 1 is 1.36 bits per heavy atom. The summed E-state index contributed by atoms with van der Waals surface area (Å²) in [6, 6.07) is 7.76. The highest BCUT2D eigenvalue weighted by molar-refractivity contribution is 7.13. The van der Waals surface area contributed by atoms with Crippen LogP contribution in [0.1, 0.15) is 11.9 Å². The molecule has 0 spiro atoms. The van der Waals surface area contributed by atoms with Crippen LogP contribution in [0.4, 0.5) is 0 Å². The summed E-state index contributed by atoms with van der Waals surface area (Å²) in [6.07, 6.45) is 0. The lowest BCUT2D eigenvalue weighted by Gasteiger charge is -2.30. The van der Waals surface area contributed by atoms with E-state index >= 15 is 0 Å². The number of piperazine rings is 1. The molecule has 2 aromatic heterocycles. The van der Waals surface area contributed by atoms with Gasteiger partial charge in [-0.3, -0.25) is 4.90 Å². The van der Waals surface area contributed by atoms with Gasteiger partial charge in [-0.25, -0.2) is 4.98 Å². The minimum absolute atomic E-state index is 0. The first-order chi connectivity index (χ1) is 11.7. The quantitative estimate of drug-likeness (QED) is 0.729. The number of hydrogen-bond acceptors (Lipinski definition) is 7. The second-order valence-corrected chi connectivity index (χ2v) is 7.00. The zero-order valence-corrected chi connectivity index (χ0v) is 15.9. The molecule has 1 aromatic carbocycles. The van der Waals surface area contributed by atoms with E-state index in [9.17, 15) is 0 Å². The molecule has 25 heavy (non-hydrogen) atoms. The van der Waals surface area contributed by atoms with Crippen LogP contribution >= 0.6 is 35.3 Å². The molecule has 1 unspecified atom stereocenters. The Labute approximate surface area is 160 Å². The maximum atomic E-state index is 6.05. The Kier molecular flexibility index (Phi) is 5.71. The topological polar surface area (TPSA) is 67.1 Å². The molecule has 9 heteroatoms. The van der Waals surface area contributed by atoms with E-state index < -0.39 is 0 Å². The maximum absolute atomic E-state index is 6.05. The predicted octanol–water partition coefficient (Wildman–Crippen LogP) is 3.51. The van der Waals surface area contributed by atoms with Crippen molar-refractivity contribution in [2.75, 3.05) is 26.7 Å². The Hall–Kier alpha value is -1.51. The van der Waals surface area contributed by atoms with Gasteiger partial charge >= 0.3 is 0 Å². The molecular formula is C16H17Cl2N5OS. The van der Waals surface area contributed by atoms with Gasteiger partial charge in [-0.15, -0.1) is 23.7 Å². The van der Waals surface area contributed by atoms with Crippen LogP contribution in [0, 0.1) is 0 Å². The maximum Gasteiger partial charge on any atom is 0.277 e. The van der Waals surface area contributed by atoms with Crippen LogP contribution in [0.15, 0.2) is 34.2 Å². The van der Waals surface area contributed by atoms with Gasteiger partial charge in [0.2, 0.25) is 0 Å². The van der Waals surface area contributed by atoms with E-state index in [0.717, 1.165) is 30.2 Å². The van der Waals surface area contributed by atoms with Crippen molar-refractivity contribution in [3.05, 3.63) is 40.5 Å². The minimum atomic E-state index is 0. The molecule has 1 aliphatic heterocycles. The van der Waals surface area contributed by atoms with E-state index in [4.69, 9.17) is 16.1 Å². The van der Waals surface area contributed by atoms with Gasteiger partial charge in [0.25, 0.3) is 5.89 Å². The van der Waals surface area contributed by atoms with Gasteiger partial charge in [0.1, 0.15) is 10.7 Å². The fraction of sp³-hybridized carbons (Fsp3) is 0.312. The highest BCUT2D eigenvalue weighted by atomic mass is 35.5. The smallest absolute Gasteiger partial charge is 0.277 e. The molecule has 0 aliphatic carbocycles. The minimum Gasteiger partial charge on any atom is -0.332 e. The molecule has 0 saturated carbocycles. The number of benzene rings is 1. The van der Waals surface area contributed by atoms with Crippen LogP contribution in [0.25, 0.3) is 22.2 Å². The standard InChI is InChI=1S/C16H16ClN5OS.ClH/c1-22-6-5-18-8-13(22)14-20-15(23-21-14)12-9-24-16(19-12)10-3-2-4-11(17)7-10;/h2-4,7,9,13,18H,5-6,8H2,1H3;1H. The number of thiazole rings is 1. The zero-order valence-electron chi connectivity index (χ0n) is 13.5. The lowest BCUT2D eigenvalue weighted by Crippen LogP contribution is -2.44. The van der Waals surface area contributed by atoms with Crippen molar-refractivity contribution in [3.8, 4) is 22.2 Å². The predicted molar refractivity (Wildman–Crippen MR) is 101 cm³/mol. The molecule has 0 bridgehead atoms. The van der Waals surface area contributed by atoms with E-state index in [1.165, 1.54) is 11.3 Å². The van der Waals surface area contributed by atoms with Crippen molar-refractivity contribution in [2.45, 2.75) is 6.04 Å². The summed E-state index contributed by atoms with van der Waals surface area (Å²) >= 11 is 7.58. The van der Waals surface area contributed by atoms with Crippen molar-refractivity contribution in [1.29, 1.82) is 0 Å². The van der Waals surface area contributed by atoms with E-state index in [0.29, 0.717) is 22.4 Å². The molecule has 3 aromatic rings.